The maximum absolute atomic E-state index is 12.8. The van der Waals surface area contributed by atoms with Crippen LogP contribution in [0.1, 0.15) is 27.5 Å². The average Bonchev–Trinajstić information content (AvgIpc) is 3.02. The highest BCUT2D eigenvalue weighted by Gasteiger charge is 2.19. The Morgan fingerprint density at radius 1 is 0.957 bits per heavy atom. The highest BCUT2D eigenvalue weighted by molar-refractivity contribution is 5.91. The van der Waals surface area contributed by atoms with Gasteiger partial charge in [-0.25, -0.2) is 4.98 Å². The smallest absolute Gasteiger partial charge is 0.276 e. The number of hydrogen-bond donors (Lipinski definition) is 0. The SMILES string of the molecule is Cc1nc(C(=O)N(Cc2ccccc2)Cc2ccccc2)co1. The third-order valence-corrected chi connectivity index (χ3v) is 3.56. The van der Waals surface area contributed by atoms with Gasteiger partial charge in [0.2, 0.25) is 0 Å². The van der Waals surface area contributed by atoms with Crippen LogP contribution in [0.15, 0.2) is 71.3 Å². The second kappa shape index (κ2) is 6.92. The molecule has 0 saturated carbocycles. The monoisotopic (exact) mass is 306 g/mol. The van der Waals surface area contributed by atoms with Crippen LogP contribution >= 0.6 is 0 Å². The van der Waals surface area contributed by atoms with Crippen LogP contribution in [0.5, 0.6) is 0 Å². The zero-order valence-corrected chi connectivity index (χ0v) is 13.0. The molecule has 2 aromatic carbocycles. The summed E-state index contributed by atoms with van der Waals surface area (Å²) in [6.07, 6.45) is 1.42. The first-order valence-corrected chi connectivity index (χ1v) is 7.51. The van der Waals surface area contributed by atoms with E-state index in [9.17, 15) is 4.79 Å². The molecule has 1 heterocycles. The summed E-state index contributed by atoms with van der Waals surface area (Å²) >= 11 is 0. The van der Waals surface area contributed by atoms with Crippen LogP contribution in [-0.4, -0.2) is 15.8 Å². The Balaban J connectivity index is 1.84. The van der Waals surface area contributed by atoms with Gasteiger partial charge >= 0.3 is 0 Å². The van der Waals surface area contributed by atoms with Crippen molar-refractivity contribution in [3.63, 3.8) is 0 Å². The standard InChI is InChI=1S/C19H18N2O2/c1-15-20-18(14-23-15)19(22)21(12-16-8-4-2-5-9-16)13-17-10-6-3-7-11-17/h2-11,14H,12-13H2,1H3. The van der Waals surface area contributed by atoms with Crippen molar-refractivity contribution >= 4 is 5.91 Å². The van der Waals surface area contributed by atoms with Gasteiger partial charge in [0.05, 0.1) is 0 Å². The lowest BCUT2D eigenvalue weighted by Gasteiger charge is -2.22. The predicted octanol–water partition coefficient (Wildman–Crippen LogP) is 3.83. The first-order valence-electron chi connectivity index (χ1n) is 7.51. The second-order valence-corrected chi connectivity index (χ2v) is 5.38. The average molecular weight is 306 g/mol. The lowest BCUT2D eigenvalue weighted by molar-refractivity contribution is 0.0724. The summed E-state index contributed by atoms with van der Waals surface area (Å²) in [5.41, 5.74) is 2.50. The molecule has 23 heavy (non-hydrogen) atoms. The van der Waals surface area contributed by atoms with Crippen molar-refractivity contribution < 1.29 is 9.21 Å². The quantitative estimate of drug-likeness (QED) is 0.720. The fraction of sp³-hybridized carbons (Fsp3) is 0.158. The molecule has 3 aromatic rings. The Morgan fingerprint density at radius 2 is 1.48 bits per heavy atom. The van der Waals surface area contributed by atoms with Gasteiger partial charge in [-0.2, -0.15) is 0 Å². The van der Waals surface area contributed by atoms with E-state index in [1.807, 2.05) is 60.7 Å². The topological polar surface area (TPSA) is 46.3 Å². The van der Waals surface area contributed by atoms with E-state index in [4.69, 9.17) is 4.42 Å². The number of aromatic nitrogens is 1. The van der Waals surface area contributed by atoms with E-state index in [1.165, 1.54) is 6.26 Å². The van der Waals surface area contributed by atoms with Gasteiger partial charge < -0.3 is 9.32 Å². The number of amides is 1. The molecular weight excluding hydrogens is 288 g/mol. The highest BCUT2D eigenvalue weighted by Crippen LogP contribution is 2.14. The molecule has 0 radical (unpaired) electrons. The van der Waals surface area contributed by atoms with E-state index < -0.39 is 0 Å². The van der Waals surface area contributed by atoms with Crippen LogP contribution in [0.25, 0.3) is 0 Å². The largest absolute Gasteiger partial charge is 0.448 e. The first-order chi connectivity index (χ1) is 11.2. The van der Waals surface area contributed by atoms with Crippen molar-refractivity contribution in [2.75, 3.05) is 0 Å². The Hall–Kier alpha value is -2.88. The number of carbonyl (C=O) groups is 1. The number of nitrogens with zero attached hydrogens (tertiary/aromatic N) is 2. The molecular formula is C19H18N2O2. The van der Waals surface area contributed by atoms with E-state index >= 15 is 0 Å². The first kappa shape index (κ1) is 15.0. The van der Waals surface area contributed by atoms with Gasteiger partial charge in [0.15, 0.2) is 11.6 Å². The molecule has 0 atom stereocenters. The summed E-state index contributed by atoms with van der Waals surface area (Å²) in [5.74, 6) is 0.363. The molecule has 3 rings (SSSR count). The second-order valence-electron chi connectivity index (χ2n) is 5.38. The number of rotatable bonds is 5. The lowest BCUT2D eigenvalue weighted by Crippen LogP contribution is -2.30. The van der Waals surface area contributed by atoms with E-state index in [0.29, 0.717) is 24.7 Å². The molecule has 0 saturated heterocycles. The molecule has 1 aromatic heterocycles. The zero-order chi connectivity index (χ0) is 16.1. The molecule has 0 unspecified atom stereocenters. The van der Waals surface area contributed by atoms with E-state index in [0.717, 1.165) is 11.1 Å². The third-order valence-electron chi connectivity index (χ3n) is 3.56. The Bertz CT molecular complexity index is 725. The normalized spacial score (nSPS) is 10.5. The summed E-state index contributed by atoms with van der Waals surface area (Å²) in [6.45, 7) is 2.79. The number of carbonyl (C=O) groups excluding carboxylic acids is 1. The Kier molecular flexibility index (Phi) is 4.52. The third kappa shape index (κ3) is 3.86. The van der Waals surface area contributed by atoms with Gasteiger partial charge in [-0.3, -0.25) is 4.79 Å². The van der Waals surface area contributed by atoms with Gasteiger partial charge in [0.25, 0.3) is 5.91 Å². The van der Waals surface area contributed by atoms with Crippen molar-refractivity contribution in [2.24, 2.45) is 0 Å². The lowest BCUT2D eigenvalue weighted by atomic mass is 10.1. The number of oxazole rings is 1. The molecule has 0 aliphatic heterocycles. The van der Waals surface area contributed by atoms with Crippen LogP contribution in [0.3, 0.4) is 0 Å². The summed E-state index contributed by atoms with van der Waals surface area (Å²) in [7, 11) is 0. The van der Waals surface area contributed by atoms with Gasteiger partial charge in [-0.15, -0.1) is 0 Å². The van der Waals surface area contributed by atoms with Crippen molar-refractivity contribution in [3.05, 3.63) is 89.6 Å². The van der Waals surface area contributed by atoms with Gasteiger partial charge in [0, 0.05) is 20.0 Å². The molecule has 1 amide bonds. The van der Waals surface area contributed by atoms with Crippen molar-refractivity contribution in [1.82, 2.24) is 9.88 Å². The number of hydrogen-bond acceptors (Lipinski definition) is 3. The Labute approximate surface area is 135 Å². The minimum atomic E-state index is -0.130. The molecule has 0 N–H and O–H groups in total. The maximum atomic E-state index is 12.8. The number of aryl methyl sites for hydroxylation is 1. The fourth-order valence-electron chi connectivity index (χ4n) is 2.43. The van der Waals surface area contributed by atoms with Crippen LogP contribution in [0.2, 0.25) is 0 Å². The van der Waals surface area contributed by atoms with E-state index in [1.54, 1.807) is 11.8 Å². The van der Waals surface area contributed by atoms with Gasteiger partial charge in [0.1, 0.15) is 6.26 Å². The summed E-state index contributed by atoms with van der Waals surface area (Å²) in [5, 5.41) is 0. The molecule has 4 heteroatoms. The maximum Gasteiger partial charge on any atom is 0.276 e. The van der Waals surface area contributed by atoms with Crippen molar-refractivity contribution in [3.8, 4) is 0 Å². The fourth-order valence-corrected chi connectivity index (χ4v) is 2.43. The van der Waals surface area contributed by atoms with E-state index in [2.05, 4.69) is 4.98 Å². The molecule has 0 fully saturated rings. The van der Waals surface area contributed by atoms with Crippen LogP contribution < -0.4 is 0 Å². The van der Waals surface area contributed by atoms with E-state index in [-0.39, 0.29) is 5.91 Å². The summed E-state index contributed by atoms with van der Waals surface area (Å²) in [4.78, 5) is 18.7. The van der Waals surface area contributed by atoms with Crippen LogP contribution in [-0.2, 0) is 13.1 Å². The Morgan fingerprint density at radius 3 is 1.91 bits per heavy atom. The minimum absolute atomic E-state index is 0.130. The molecule has 0 aliphatic carbocycles. The molecule has 116 valence electrons. The van der Waals surface area contributed by atoms with Crippen LogP contribution in [0, 0.1) is 6.92 Å². The molecule has 4 nitrogen and oxygen atoms in total. The van der Waals surface area contributed by atoms with Crippen LogP contribution in [0.4, 0.5) is 0 Å². The molecule has 0 bridgehead atoms. The number of benzene rings is 2. The zero-order valence-electron chi connectivity index (χ0n) is 13.0. The predicted molar refractivity (Wildman–Crippen MR) is 87.7 cm³/mol. The van der Waals surface area contributed by atoms with Gasteiger partial charge in [-0.1, -0.05) is 60.7 Å². The molecule has 0 spiro atoms. The summed E-state index contributed by atoms with van der Waals surface area (Å²) in [6, 6.07) is 19.9. The minimum Gasteiger partial charge on any atom is -0.448 e. The highest BCUT2D eigenvalue weighted by atomic mass is 16.3. The van der Waals surface area contributed by atoms with Gasteiger partial charge in [-0.05, 0) is 11.1 Å². The summed E-state index contributed by atoms with van der Waals surface area (Å²) < 4.78 is 5.18. The van der Waals surface area contributed by atoms with Crippen molar-refractivity contribution in [2.45, 2.75) is 20.0 Å². The van der Waals surface area contributed by atoms with Crippen molar-refractivity contribution in [1.29, 1.82) is 0 Å². The molecule has 0 aliphatic rings.